The lowest BCUT2D eigenvalue weighted by molar-refractivity contribution is 0.0692. The van der Waals surface area contributed by atoms with Crippen molar-refractivity contribution in [1.82, 2.24) is 9.97 Å². The van der Waals surface area contributed by atoms with E-state index >= 15 is 0 Å². The van der Waals surface area contributed by atoms with E-state index in [2.05, 4.69) is 21.4 Å². The van der Waals surface area contributed by atoms with E-state index in [1.54, 1.807) is 12.1 Å². The van der Waals surface area contributed by atoms with Gasteiger partial charge in [-0.15, -0.1) is 0 Å². The Labute approximate surface area is 197 Å². The van der Waals surface area contributed by atoms with E-state index in [0.29, 0.717) is 34.7 Å². The zero-order valence-electron chi connectivity index (χ0n) is 18.4. The van der Waals surface area contributed by atoms with Gasteiger partial charge >= 0.3 is 5.97 Å². The Bertz CT molecular complexity index is 1140. The summed E-state index contributed by atoms with van der Waals surface area (Å²) >= 11 is 6.14. The fourth-order valence-electron chi connectivity index (χ4n) is 3.78. The van der Waals surface area contributed by atoms with Crippen LogP contribution in [0.3, 0.4) is 0 Å². The molecule has 33 heavy (non-hydrogen) atoms. The highest BCUT2D eigenvalue weighted by Gasteiger charge is 2.16. The van der Waals surface area contributed by atoms with E-state index in [1.165, 1.54) is 30.2 Å². The molecular weight excluding hydrogens is 442 g/mol. The van der Waals surface area contributed by atoms with E-state index in [1.807, 2.05) is 31.2 Å². The number of hydrogen-bond acceptors (Lipinski definition) is 6. The number of aromatic nitrogens is 2. The maximum Gasteiger partial charge on any atom is 0.339 e. The van der Waals surface area contributed by atoms with Gasteiger partial charge in [0.15, 0.2) is 0 Å². The highest BCUT2D eigenvalue weighted by Crippen LogP contribution is 2.26. The van der Waals surface area contributed by atoms with Crippen LogP contribution >= 0.6 is 11.6 Å². The molecule has 2 aromatic carbocycles. The Morgan fingerprint density at radius 3 is 2.76 bits per heavy atom. The van der Waals surface area contributed by atoms with Crippen molar-refractivity contribution in [2.75, 3.05) is 11.9 Å². The number of halogens is 1. The molecule has 4 rings (SSSR count). The van der Waals surface area contributed by atoms with Crippen molar-refractivity contribution in [3.8, 4) is 11.5 Å². The first-order chi connectivity index (χ1) is 16.0. The van der Waals surface area contributed by atoms with Gasteiger partial charge in [-0.2, -0.15) is 0 Å². The van der Waals surface area contributed by atoms with Crippen LogP contribution in [0, 0.1) is 0 Å². The number of fused-ring (bicyclic) bond motifs is 1. The Kier molecular flexibility index (Phi) is 7.29. The maximum absolute atomic E-state index is 11.6. The third-order valence-corrected chi connectivity index (χ3v) is 5.82. The Morgan fingerprint density at radius 1 is 1.18 bits per heavy atom. The quantitative estimate of drug-likeness (QED) is 0.448. The zero-order chi connectivity index (χ0) is 23.2. The number of nitrogens with one attached hydrogen (secondary N) is 1. The summed E-state index contributed by atoms with van der Waals surface area (Å²) < 4.78 is 11.7. The minimum atomic E-state index is -1.10. The molecule has 1 atom stereocenters. The van der Waals surface area contributed by atoms with E-state index < -0.39 is 5.97 Å². The van der Waals surface area contributed by atoms with Crippen molar-refractivity contribution >= 4 is 23.5 Å². The fraction of sp³-hybridized carbons (Fsp3) is 0.320. The molecule has 2 N–H and O–H groups in total. The predicted molar refractivity (Wildman–Crippen MR) is 126 cm³/mol. The third kappa shape index (κ3) is 5.93. The lowest BCUT2D eigenvalue weighted by Crippen LogP contribution is -2.24. The van der Waals surface area contributed by atoms with Gasteiger partial charge in [0.25, 0.3) is 0 Å². The van der Waals surface area contributed by atoms with Crippen molar-refractivity contribution in [2.45, 2.75) is 45.3 Å². The summed E-state index contributed by atoms with van der Waals surface area (Å²) in [5.41, 5.74) is 2.98. The normalized spacial score (nSPS) is 13.6. The van der Waals surface area contributed by atoms with Crippen LogP contribution in [0.4, 0.5) is 5.95 Å². The molecule has 1 aromatic heterocycles. The minimum absolute atomic E-state index is 0.0128. The molecule has 0 saturated heterocycles. The Balaban J connectivity index is 1.41. The first-order valence-electron chi connectivity index (χ1n) is 11.0. The molecule has 172 valence electrons. The van der Waals surface area contributed by atoms with Gasteiger partial charge in [-0.05, 0) is 68.0 Å². The van der Waals surface area contributed by atoms with Crippen LogP contribution in [-0.2, 0) is 19.4 Å². The van der Waals surface area contributed by atoms with Crippen molar-refractivity contribution in [2.24, 2.45) is 0 Å². The zero-order valence-corrected chi connectivity index (χ0v) is 19.1. The molecule has 1 heterocycles. The molecule has 0 fully saturated rings. The van der Waals surface area contributed by atoms with Crippen molar-refractivity contribution in [3.05, 3.63) is 76.1 Å². The molecule has 1 aliphatic carbocycles. The maximum atomic E-state index is 11.6. The average molecular weight is 468 g/mol. The van der Waals surface area contributed by atoms with Crippen LogP contribution in [0.1, 0.15) is 46.9 Å². The van der Waals surface area contributed by atoms with Crippen LogP contribution < -0.4 is 14.8 Å². The number of benzene rings is 2. The second-order valence-corrected chi connectivity index (χ2v) is 8.43. The molecule has 3 aromatic rings. The number of hydrogen-bond donors (Lipinski definition) is 2. The number of aromatic carboxylic acids is 1. The monoisotopic (exact) mass is 467 g/mol. The molecule has 0 amide bonds. The molecule has 0 bridgehead atoms. The van der Waals surface area contributed by atoms with Crippen molar-refractivity contribution < 1.29 is 19.4 Å². The highest BCUT2D eigenvalue weighted by atomic mass is 35.5. The molecule has 0 aliphatic heterocycles. The van der Waals surface area contributed by atoms with E-state index in [4.69, 9.17) is 21.1 Å². The van der Waals surface area contributed by atoms with Gasteiger partial charge in [0.2, 0.25) is 5.95 Å². The molecule has 0 spiro atoms. The number of anilines is 1. The molecule has 0 radical (unpaired) electrons. The largest absolute Gasteiger partial charge is 0.487 e. The second kappa shape index (κ2) is 10.5. The van der Waals surface area contributed by atoms with Crippen LogP contribution in [-0.4, -0.2) is 33.7 Å². The Morgan fingerprint density at radius 2 is 1.97 bits per heavy atom. The smallest absolute Gasteiger partial charge is 0.339 e. The lowest BCUT2D eigenvalue weighted by Gasteiger charge is -2.17. The number of rotatable bonds is 9. The molecular formula is C25H26ClN3O4. The number of ether oxygens (including phenoxy) is 2. The van der Waals surface area contributed by atoms with Gasteiger partial charge in [0.1, 0.15) is 29.8 Å². The molecule has 7 nitrogen and oxygen atoms in total. The number of carboxylic acids is 1. The summed E-state index contributed by atoms with van der Waals surface area (Å²) in [5, 5.41) is 13.2. The summed E-state index contributed by atoms with van der Waals surface area (Å²) in [6, 6.07) is 13.3. The van der Waals surface area contributed by atoms with E-state index in [0.717, 1.165) is 12.8 Å². The van der Waals surface area contributed by atoms with Crippen LogP contribution in [0.5, 0.6) is 11.5 Å². The molecule has 8 heteroatoms. The number of aryl methyl sites for hydroxylation is 2. The molecule has 1 aliphatic rings. The highest BCUT2D eigenvalue weighted by molar-refractivity contribution is 6.32. The SMILES string of the molecule is C[C@H](CNc1ncc(C(=O)O)c(COc2ccc3c(c2)CCCC3)n1)Oc1ccccc1Cl. The van der Waals surface area contributed by atoms with Crippen LogP contribution in [0.25, 0.3) is 0 Å². The van der Waals surface area contributed by atoms with E-state index in [9.17, 15) is 9.90 Å². The predicted octanol–water partition coefficient (Wildman–Crippen LogP) is 5.17. The van der Waals surface area contributed by atoms with Crippen LogP contribution in [0.15, 0.2) is 48.7 Å². The van der Waals surface area contributed by atoms with E-state index in [-0.39, 0.29) is 18.3 Å². The Hall–Kier alpha value is -3.32. The van der Waals surface area contributed by atoms with Gasteiger partial charge in [-0.1, -0.05) is 29.8 Å². The lowest BCUT2D eigenvalue weighted by atomic mass is 9.92. The first kappa shape index (κ1) is 22.9. The van der Waals surface area contributed by atoms with Crippen molar-refractivity contribution in [3.63, 3.8) is 0 Å². The van der Waals surface area contributed by atoms with Gasteiger partial charge in [0, 0.05) is 6.20 Å². The topological polar surface area (TPSA) is 93.6 Å². The van der Waals surface area contributed by atoms with Gasteiger partial charge in [-0.25, -0.2) is 14.8 Å². The number of para-hydroxylation sites is 1. The number of nitrogens with zero attached hydrogens (tertiary/aromatic N) is 2. The minimum Gasteiger partial charge on any atom is -0.487 e. The fourth-order valence-corrected chi connectivity index (χ4v) is 3.96. The summed E-state index contributed by atoms with van der Waals surface area (Å²) in [6.45, 7) is 2.33. The summed E-state index contributed by atoms with van der Waals surface area (Å²) in [5.74, 6) is 0.510. The summed E-state index contributed by atoms with van der Waals surface area (Å²) in [7, 11) is 0. The first-order valence-corrected chi connectivity index (χ1v) is 11.4. The van der Waals surface area contributed by atoms with Crippen molar-refractivity contribution in [1.29, 1.82) is 0 Å². The summed E-state index contributed by atoms with van der Waals surface area (Å²) in [6.07, 6.45) is 5.61. The average Bonchev–Trinajstić information content (AvgIpc) is 2.82. The van der Waals surface area contributed by atoms with Gasteiger partial charge in [0.05, 0.1) is 17.3 Å². The second-order valence-electron chi connectivity index (χ2n) is 8.03. The number of carbonyl (C=O) groups is 1. The molecule has 0 saturated carbocycles. The standard InChI is InChI=1S/C25H26ClN3O4/c1-16(33-23-9-5-4-8-21(23)26)13-27-25-28-14-20(24(30)31)22(29-25)15-32-19-11-10-17-6-2-3-7-18(17)12-19/h4-5,8-12,14,16H,2-3,6-7,13,15H2,1H3,(H,30,31)(H,27,28,29)/t16-/m1/s1. The van der Waals surface area contributed by atoms with Gasteiger partial charge in [-0.3, -0.25) is 0 Å². The number of carboxylic acid groups (broad SMARTS) is 1. The van der Waals surface area contributed by atoms with Gasteiger partial charge < -0.3 is 19.9 Å². The summed E-state index contributed by atoms with van der Waals surface area (Å²) in [4.78, 5) is 20.2. The molecule has 0 unspecified atom stereocenters. The third-order valence-electron chi connectivity index (χ3n) is 5.51. The van der Waals surface area contributed by atoms with Crippen LogP contribution in [0.2, 0.25) is 5.02 Å².